The lowest BCUT2D eigenvalue weighted by Gasteiger charge is -2.24. The van der Waals surface area contributed by atoms with Crippen LogP contribution in [0.25, 0.3) is 0 Å². The average molecular weight is 221 g/mol. The van der Waals surface area contributed by atoms with Crippen molar-refractivity contribution in [3.05, 3.63) is 30.1 Å². The molecule has 1 atom stereocenters. The van der Waals surface area contributed by atoms with Gasteiger partial charge in [-0.1, -0.05) is 13.8 Å². The molecule has 1 aromatic heterocycles. The third kappa shape index (κ3) is 4.29. The van der Waals surface area contributed by atoms with Gasteiger partial charge in [0.15, 0.2) is 0 Å². The summed E-state index contributed by atoms with van der Waals surface area (Å²) < 4.78 is 0. The van der Waals surface area contributed by atoms with Crippen molar-refractivity contribution in [1.29, 1.82) is 0 Å². The number of nitrogens with zero attached hydrogens (tertiary/aromatic N) is 2. The van der Waals surface area contributed by atoms with Crippen molar-refractivity contribution in [1.82, 2.24) is 9.88 Å². The van der Waals surface area contributed by atoms with Crippen molar-refractivity contribution in [2.24, 2.45) is 11.7 Å². The number of hydrogen-bond acceptors (Lipinski definition) is 3. The van der Waals surface area contributed by atoms with Crippen LogP contribution in [0.5, 0.6) is 0 Å². The molecule has 1 rings (SSSR count). The molecule has 0 amide bonds. The summed E-state index contributed by atoms with van der Waals surface area (Å²) in [5.74, 6) is 0.544. The summed E-state index contributed by atoms with van der Waals surface area (Å²) >= 11 is 0. The predicted molar refractivity (Wildman–Crippen MR) is 68.3 cm³/mol. The van der Waals surface area contributed by atoms with Crippen LogP contribution in [0.2, 0.25) is 0 Å². The van der Waals surface area contributed by atoms with Crippen molar-refractivity contribution in [3.63, 3.8) is 0 Å². The zero-order valence-corrected chi connectivity index (χ0v) is 10.4. The van der Waals surface area contributed by atoms with Crippen LogP contribution in [-0.2, 0) is 6.42 Å². The Bertz CT molecular complexity index is 270. The largest absolute Gasteiger partial charge is 0.330 e. The third-order valence-electron chi connectivity index (χ3n) is 3.02. The molecule has 0 aliphatic heterocycles. The van der Waals surface area contributed by atoms with Crippen LogP contribution in [0.15, 0.2) is 24.5 Å². The molecule has 2 N–H and O–H groups in total. The topological polar surface area (TPSA) is 42.1 Å². The van der Waals surface area contributed by atoms with Gasteiger partial charge in [-0.15, -0.1) is 0 Å². The maximum Gasteiger partial charge on any atom is 0.0270 e. The minimum atomic E-state index is 0.544. The molecule has 16 heavy (non-hydrogen) atoms. The van der Waals surface area contributed by atoms with Gasteiger partial charge in [-0.3, -0.25) is 4.98 Å². The lowest BCUT2D eigenvalue weighted by Crippen LogP contribution is -2.33. The number of pyridine rings is 1. The third-order valence-corrected chi connectivity index (χ3v) is 3.02. The van der Waals surface area contributed by atoms with E-state index >= 15 is 0 Å². The van der Waals surface area contributed by atoms with E-state index < -0.39 is 0 Å². The van der Waals surface area contributed by atoms with E-state index in [0.29, 0.717) is 5.92 Å². The van der Waals surface area contributed by atoms with E-state index in [4.69, 9.17) is 5.73 Å². The van der Waals surface area contributed by atoms with E-state index in [1.807, 2.05) is 12.4 Å². The number of nitrogens with two attached hydrogens (primary N) is 1. The summed E-state index contributed by atoms with van der Waals surface area (Å²) in [6.07, 6.45) is 4.75. The lowest BCUT2D eigenvalue weighted by molar-refractivity contribution is 0.254. The van der Waals surface area contributed by atoms with Gasteiger partial charge in [-0.25, -0.2) is 0 Å². The van der Waals surface area contributed by atoms with Crippen LogP contribution in [0, 0.1) is 5.92 Å². The second-order valence-electron chi connectivity index (χ2n) is 4.15. The molecule has 1 unspecified atom stereocenters. The van der Waals surface area contributed by atoms with Crippen LogP contribution in [-0.4, -0.2) is 36.1 Å². The highest BCUT2D eigenvalue weighted by molar-refractivity contribution is 5.10. The summed E-state index contributed by atoms with van der Waals surface area (Å²) in [6.45, 7) is 8.43. The average Bonchev–Trinajstić information content (AvgIpc) is 2.35. The maximum absolute atomic E-state index is 5.84. The highest BCUT2D eigenvalue weighted by Crippen LogP contribution is 2.08. The molecule has 0 aliphatic carbocycles. The number of hydrogen-bond donors (Lipinski definition) is 1. The zero-order chi connectivity index (χ0) is 11.8. The molecule has 90 valence electrons. The molecular weight excluding hydrogens is 198 g/mol. The van der Waals surface area contributed by atoms with Crippen LogP contribution in [0.1, 0.15) is 19.4 Å². The van der Waals surface area contributed by atoms with Gasteiger partial charge in [0.25, 0.3) is 0 Å². The van der Waals surface area contributed by atoms with E-state index in [0.717, 1.165) is 32.6 Å². The highest BCUT2D eigenvalue weighted by Gasteiger charge is 2.11. The molecule has 0 aromatic carbocycles. The minimum absolute atomic E-state index is 0.544. The molecule has 0 fully saturated rings. The Hall–Kier alpha value is -0.930. The molecule has 0 radical (unpaired) electrons. The molecule has 1 heterocycles. The second kappa shape index (κ2) is 7.36. The molecule has 3 nitrogen and oxygen atoms in total. The zero-order valence-electron chi connectivity index (χ0n) is 10.4. The van der Waals surface area contributed by atoms with Gasteiger partial charge in [-0.2, -0.15) is 0 Å². The first-order valence-corrected chi connectivity index (χ1v) is 6.11. The van der Waals surface area contributed by atoms with Crippen LogP contribution >= 0.6 is 0 Å². The highest BCUT2D eigenvalue weighted by atomic mass is 15.1. The fourth-order valence-electron chi connectivity index (χ4n) is 1.92. The molecule has 1 aromatic rings. The van der Waals surface area contributed by atoms with Gasteiger partial charge in [0.1, 0.15) is 0 Å². The van der Waals surface area contributed by atoms with Gasteiger partial charge in [0.2, 0.25) is 0 Å². The Labute approximate surface area is 98.7 Å². The fraction of sp³-hybridized carbons (Fsp3) is 0.615. The van der Waals surface area contributed by atoms with E-state index in [1.54, 1.807) is 0 Å². The molecule has 0 spiro atoms. The van der Waals surface area contributed by atoms with Crippen LogP contribution in [0.3, 0.4) is 0 Å². The Morgan fingerprint density at radius 2 is 1.88 bits per heavy atom. The second-order valence-corrected chi connectivity index (χ2v) is 4.15. The summed E-state index contributed by atoms with van der Waals surface area (Å²) in [5, 5.41) is 0. The Morgan fingerprint density at radius 1 is 1.25 bits per heavy atom. The van der Waals surface area contributed by atoms with E-state index in [1.165, 1.54) is 5.56 Å². The van der Waals surface area contributed by atoms with Gasteiger partial charge in [-0.05, 0) is 49.7 Å². The molecule has 0 saturated carbocycles. The van der Waals surface area contributed by atoms with Crippen molar-refractivity contribution in [2.45, 2.75) is 20.3 Å². The van der Waals surface area contributed by atoms with Gasteiger partial charge in [0.05, 0.1) is 0 Å². The SMILES string of the molecule is CCN(CC)CC(CN)Cc1ccncc1. The van der Waals surface area contributed by atoms with E-state index in [2.05, 4.69) is 35.9 Å². The summed E-state index contributed by atoms with van der Waals surface area (Å²) in [5.41, 5.74) is 7.17. The number of aromatic nitrogens is 1. The maximum atomic E-state index is 5.84. The molecule has 0 aliphatic rings. The van der Waals surface area contributed by atoms with E-state index in [-0.39, 0.29) is 0 Å². The summed E-state index contributed by atoms with van der Waals surface area (Å²) in [7, 11) is 0. The monoisotopic (exact) mass is 221 g/mol. The van der Waals surface area contributed by atoms with Gasteiger partial charge >= 0.3 is 0 Å². The molecule has 0 bridgehead atoms. The fourth-order valence-corrected chi connectivity index (χ4v) is 1.92. The van der Waals surface area contributed by atoms with Crippen molar-refractivity contribution in [3.8, 4) is 0 Å². The van der Waals surface area contributed by atoms with Crippen molar-refractivity contribution in [2.75, 3.05) is 26.2 Å². The molecular formula is C13H23N3. The normalized spacial score (nSPS) is 13.0. The smallest absolute Gasteiger partial charge is 0.0270 e. The first kappa shape index (κ1) is 13.1. The first-order chi connectivity index (χ1) is 7.80. The quantitative estimate of drug-likeness (QED) is 0.759. The molecule has 3 heteroatoms. The van der Waals surface area contributed by atoms with Crippen LogP contribution < -0.4 is 5.73 Å². The lowest BCUT2D eigenvalue weighted by atomic mass is 9.99. The first-order valence-electron chi connectivity index (χ1n) is 6.11. The Balaban J connectivity index is 2.49. The van der Waals surface area contributed by atoms with Crippen molar-refractivity contribution >= 4 is 0 Å². The molecule has 0 saturated heterocycles. The number of rotatable bonds is 7. The van der Waals surface area contributed by atoms with Gasteiger partial charge in [0, 0.05) is 18.9 Å². The Kier molecular flexibility index (Phi) is 6.04. The van der Waals surface area contributed by atoms with Crippen molar-refractivity contribution < 1.29 is 0 Å². The van der Waals surface area contributed by atoms with Gasteiger partial charge < -0.3 is 10.6 Å². The summed E-state index contributed by atoms with van der Waals surface area (Å²) in [4.78, 5) is 6.46. The predicted octanol–water partition coefficient (Wildman–Crippen LogP) is 1.54. The Morgan fingerprint density at radius 3 is 2.38 bits per heavy atom. The standard InChI is InChI=1S/C13H23N3/c1-3-16(4-2)11-13(10-14)9-12-5-7-15-8-6-12/h5-8,13H,3-4,9-11,14H2,1-2H3. The van der Waals surface area contributed by atoms with Crippen LogP contribution in [0.4, 0.5) is 0 Å². The summed E-state index contributed by atoms with van der Waals surface area (Å²) in [6, 6.07) is 4.15. The van der Waals surface area contributed by atoms with E-state index in [9.17, 15) is 0 Å². The minimum Gasteiger partial charge on any atom is -0.330 e.